The lowest BCUT2D eigenvalue weighted by Crippen LogP contribution is -2.34. The molecule has 0 spiro atoms. The quantitative estimate of drug-likeness (QED) is 0.908. The second kappa shape index (κ2) is 5.12. The molecular weight excluding hydrogens is 242 g/mol. The molecule has 1 N–H and O–H groups in total. The summed E-state index contributed by atoms with van der Waals surface area (Å²) in [6.45, 7) is 3.10. The molecule has 0 radical (unpaired) electrons. The molecule has 0 amide bonds. The first-order chi connectivity index (χ1) is 8.88. The van der Waals surface area contributed by atoms with Crippen LogP contribution in [0.1, 0.15) is 23.4 Å². The number of fused-ring (bicyclic) bond motifs is 1. The molecule has 2 nitrogen and oxygen atoms in total. The maximum absolute atomic E-state index is 6.09. The number of benzene rings is 1. The molecule has 2 unspecified atom stereocenters. The molecule has 1 aromatic heterocycles. The maximum atomic E-state index is 6.09. The van der Waals surface area contributed by atoms with E-state index in [4.69, 9.17) is 4.74 Å². The van der Waals surface area contributed by atoms with Crippen LogP contribution in [0.25, 0.3) is 0 Å². The van der Waals surface area contributed by atoms with Gasteiger partial charge in [-0.15, -0.1) is 11.3 Å². The summed E-state index contributed by atoms with van der Waals surface area (Å²) in [6, 6.07) is 12.9. The Labute approximate surface area is 112 Å². The Morgan fingerprint density at radius 3 is 2.94 bits per heavy atom. The van der Waals surface area contributed by atoms with Crippen LogP contribution < -0.4 is 10.1 Å². The second-order valence-corrected chi connectivity index (χ2v) is 5.50. The van der Waals surface area contributed by atoms with Crippen LogP contribution in [0.3, 0.4) is 0 Å². The minimum absolute atomic E-state index is 0.209. The molecule has 1 aliphatic heterocycles. The van der Waals surface area contributed by atoms with Crippen LogP contribution in [-0.2, 0) is 6.42 Å². The van der Waals surface area contributed by atoms with Crippen LogP contribution >= 0.6 is 11.3 Å². The van der Waals surface area contributed by atoms with E-state index < -0.39 is 0 Å². The molecule has 0 saturated heterocycles. The lowest BCUT2D eigenvalue weighted by molar-refractivity contribution is 0.181. The van der Waals surface area contributed by atoms with E-state index in [1.165, 1.54) is 10.4 Å². The minimum atomic E-state index is 0.209. The molecule has 2 aromatic rings. The van der Waals surface area contributed by atoms with E-state index in [1.807, 2.05) is 6.07 Å². The Hall–Kier alpha value is -1.32. The molecule has 2 heterocycles. The SMILES string of the molecule is CCNC(c1cccs1)C1Cc2ccccc2O1. The third-order valence-electron chi connectivity index (χ3n) is 3.32. The molecular formula is C15H17NOS. The second-order valence-electron chi connectivity index (χ2n) is 4.52. The van der Waals surface area contributed by atoms with Gasteiger partial charge in [-0.2, -0.15) is 0 Å². The lowest BCUT2D eigenvalue weighted by Gasteiger charge is -2.23. The molecule has 2 atom stereocenters. The first kappa shape index (κ1) is 11.8. The molecule has 0 saturated carbocycles. The minimum Gasteiger partial charge on any atom is -0.488 e. The highest BCUT2D eigenvalue weighted by Crippen LogP contribution is 2.35. The number of hydrogen-bond donors (Lipinski definition) is 1. The molecule has 0 aliphatic carbocycles. The number of ether oxygens (including phenoxy) is 1. The van der Waals surface area contributed by atoms with Crippen LogP contribution in [0.2, 0.25) is 0 Å². The topological polar surface area (TPSA) is 21.3 Å². The zero-order valence-electron chi connectivity index (χ0n) is 10.4. The number of nitrogens with one attached hydrogen (secondary N) is 1. The van der Waals surface area contributed by atoms with Crippen molar-refractivity contribution in [2.24, 2.45) is 0 Å². The van der Waals surface area contributed by atoms with Crippen molar-refractivity contribution in [3.8, 4) is 5.75 Å². The predicted octanol–water partition coefficient (Wildman–Crippen LogP) is 3.40. The number of hydrogen-bond acceptors (Lipinski definition) is 3. The normalized spacial score (nSPS) is 19.3. The highest BCUT2D eigenvalue weighted by Gasteiger charge is 2.31. The monoisotopic (exact) mass is 259 g/mol. The highest BCUT2D eigenvalue weighted by atomic mass is 32.1. The van der Waals surface area contributed by atoms with E-state index in [0.717, 1.165) is 18.7 Å². The van der Waals surface area contributed by atoms with Gasteiger partial charge in [0.1, 0.15) is 11.9 Å². The van der Waals surface area contributed by atoms with E-state index in [9.17, 15) is 0 Å². The Balaban J connectivity index is 1.82. The fraction of sp³-hybridized carbons (Fsp3) is 0.333. The molecule has 0 bridgehead atoms. The number of likely N-dealkylation sites (N-methyl/N-ethyl adjacent to an activating group) is 1. The van der Waals surface area contributed by atoms with Crippen molar-refractivity contribution in [2.45, 2.75) is 25.5 Å². The van der Waals surface area contributed by atoms with Crippen LogP contribution in [0.5, 0.6) is 5.75 Å². The fourth-order valence-electron chi connectivity index (χ4n) is 2.50. The fourth-order valence-corrected chi connectivity index (χ4v) is 3.35. The van der Waals surface area contributed by atoms with E-state index in [1.54, 1.807) is 11.3 Å². The summed E-state index contributed by atoms with van der Waals surface area (Å²) < 4.78 is 6.09. The van der Waals surface area contributed by atoms with Crippen LogP contribution in [0, 0.1) is 0 Å². The maximum Gasteiger partial charge on any atom is 0.123 e. The summed E-state index contributed by atoms with van der Waals surface area (Å²) >= 11 is 1.79. The third-order valence-corrected chi connectivity index (χ3v) is 4.27. The summed E-state index contributed by atoms with van der Waals surface area (Å²) in [5.41, 5.74) is 1.32. The molecule has 18 heavy (non-hydrogen) atoms. The zero-order chi connectivity index (χ0) is 12.4. The standard InChI is InChI=1S/C15H17NOS/c1-2-16-15(14-8-5-9-18-14)13-10-11-6-3-4-7-12(11)17-13/h3-9,13,15-16H,2,10H2,1H3. The van der Waals surface area contributed by atoms with Crippen molar-refractivity contribution < 1.29 is 4.74 Å². The van der Waals surface area contributed by atoms with Crippen molar-refractivity contribution in [1.82, 2.24) is 5.32 Å². The first-order valence-electron chi connectivity index (χ1n) is 6.40. The van der Waals surface area contributed by atoms with E-state index in [-0.39, 0.29) is 6.10 Å². The molecule has 0 fully saturated rings. The Morgan fingerprint density at radius 1 is 1.33 bits per heavy atom. The Bertz CT molecular complexity index is 484. The van der Waals surface area contributed by atoms with Crippen LogP contribution in [0.4, 0.5) is 0 Å². The van der Waals surface area contributed by atoms with Gasteiger partial charge in [0.25, 0.3) is 0 Å². The summed E-state index contributed by atoms with van der Waals surface area (Å²) in [7, 11) is 0. The van der Waals surface area contributed by atoms with Gasteiger partial charge in [0.15, 0.2) is 0 Å². The van der Waals surface area contributed by atoms with Gasteiger partial charge >= 0.3 is 0 Å². The average Bonchev–Trinajstić information content (AvgIpc) is 3.04. The average molecular weight is 259 g/mol. The predicted molar refractivity (Wildman–Crippen MR) is 75.3 cm³/mol. The van der Waals surface area contributed by atoms with Gasteiger partial charge in [0.05, 0.1) is 6.04 Å². The van der Waals surface area contributed by atoms with Gasteiger partial charge < -0.3 is 10.1 Å². The first-order valence-corrected chi connectivity index (χ1v) is 7.28. The van der Waals surface area contributed by atoms with Crippen molar-refractivity contribution in [3.63, 3.8) is 0 Å². The van der Waals surface area contributed by atoms with Gasteiger partial charge in [-0.25, -0.2) is 0 Å². The molecule has 1 aromatic carbocycles. The van der Waals surface area contributed by atoms with Gasteiger partial charge in [0.2, 0.25) is 0 Å². The Kier molecular flexibility index (Phi) is 3.35. The van der Waals surface area contributed by atoms with Crippen molar-refractivity contribution in [3.05, 3.63) is 52.2 Å². The molecule has 3 heteroatoms. The highest BCUT2D eigenvalue weighted by molar-refractivity contribution is 7.10. The van der Waals surface area contributed by atoms with Crippen molar-refractivity contribution in [1.29, 1.82) is 0 Å². The summed E-state index contributed by atoms with van der Waals surface area (Å²) in [5, 5.41) is 5.67. The number of para-hydroxylation sites is 1. The zero-order valence-corrected chi connectivity index (χ0v) is 11.2. The van der Waals surface area contributed by atoms with E-state index >= 15 is 0 Å². The van der Waals surface area contributed by atoms with E-state index in [0.29, 0.717) is 6.04 Å². The molecule has 3 rings (SSSR count). The van der Waals surface area contributed by atoms with Crippen molar-refractivity contribution in [2.75, 3.05) is 6.54 Å². The smallest absolute Gasteiger partial charge is 0.123 e. The third kappa shape index (κ3) is 2.16. The summed E-state index contributed by atoms with van der Waals surface area (Å²) in [4.78, 5) is 1.36. The summed E-state index contributed by atoms with van der Waals surface area (Å²) in [5.74, 6) is 1.04. The number of thiophene rings is 1. The van der Waals surface area contributed by atoms with Gasteiger partial charge in [-0.3, -0.25) is 0 Å². The molecule has 1 aliphatic rings. The number of rotatable bonds is 4. The van der Waals surface area contributed by atoms with Crippen LogP contribution in [-0.4, -0.2) is 12.6 Å². The lowest BCUT2D eigenvalue weighted by atomic mass is 10.0. The van der Waals surface area contributed by atoms with Crippen molar-refractivity contribution >= 4 is 11.3 Å². The Morgan fingerprint density at radius 2 is 2.22 bits per heavy atom. The largest absolute Gasteiger partial charge is 0.488 e. The van der Waals surface area contributed by atoms with Crippen LogP contribution in [0.15, 0.2) is 41.8 Å². The van der Waals surface area contributed by atoms with Gasteiger partial charge in [-0.05, 0) is 29.6 Å². The summed E-state index contributed by atoms with van der Waals surface area (Å²) in [6.07, 6.45) is 1.20. The van der Waals surface area contributed by atoms with E-state index in [2.05, 4.69) is 48.0 Å². The van der Waals surface area contributed by atoms with Gasteiger partial charge in [0, 0.05) is 11.3 Å². The van der Waals surface area contributed by atoms with Gasteiger partial charge in [-0.1, -0.05) is 31.2 Å². The molecule has 94 valence electrons.